The summed E-state index contributed by atoms with van der Waals surface area (Å²) in [5.41, 5.74) is 0. The Morgan fingerprint density at radius 3 is 2.86 bits per heavy atom. The first-order chi connectivity index (χ1) is 10.2. The summed E-state index contributed by atoms with van der Waals surface area (Å²) >= 11 is 1.60. The van der Waals surface area contributed by atoms with Crippen LogP contribution in [0.5, 0.6) is 0 Å². The van der Waals surface area contributed by atoms with Crippen LogP contribution in [0.3, 0.4) is 0 Å². The number of hydrogen-bond donors (Lipinski definition) is 0. The monoisotopic (exact) mass is 305 g/mol. The van der Waals surface area contributed by atoms with E-state index < -0.39 is 0 Å². The predicted octanol–water partition coefficient (Wildman–Crippen LogP) is 3.67. The van der Waals surface area contributed by atoms with Crippen LogP contribution in [0.2, 0.25) is 0 Å². The second-order valence-electron chi connectivity index (χ2n) is 6.15. The maximum atomic E-state index is 12.8. The molecular weight excluding hydrogens is 282 g/mol. The molecule has 1 aromatic rings. The van der Waals surface area contributed by atoms with Crippen LogP contribution in [0.1, 0.15) is 60.0 Å². The fraction of sp³-hybridized carbons (Fsp3) is 0.647. The van der Waals surface area contributed by atoms with Gasteiger partial charge in [-0.1, -0.05) is 13.3 Å². The fourth-order valence-corrected chi connectivity index (χ4v) is 4.61. The lowest BCUT2D eigenvalue weighted by Gasteiger charge is -2.32. The van der Waals surface area contributed by atoms with Gasteiger partial charge in [-0.15, -0.1) is 11.3 Å². The van der Waals surface area contributed by atoms with Gasteiger partial charge in [-0.05, 0) is 44.2 Å². The number of ketones is 1. The van der Waals surface area contributed by atoms with Crippen LogP contribution >= 0.6 is 11.3 Å². The van der Waals surface area contributed by atoms with Gasteiger partial charge >= 0.3 is 0 Å². The van der Waals surface area contributed by atoms with Crippen molar-refractivity contribution in [3.8, 4) is 0 Å². The Labute approximate surface area is 130 Å². The van der Waals surface area contributed by atoms with Gasteiger partial charge in [0.15, 0.2) is 0 Å². The number of rotatable bonds is 3. The average Bonchev–Trinajstić information content (AvgIpc) is 3.16. The minimum atomic E-state index is 0.0933. The molecule has 2 aliphatic rings. The number of likely N-dealkylation sites (tertiary alicyclic amines) is 1. The molecule has 1 aliphatic heterocycles. The number of thiophene rings is 1. The van der Waals surface area contributed by atoms with Gasteiger partial charge in [-0.2, -0.15) is 0 Å². The third-order valence-corrected chi connectivity index (χ3v) is 6.06. The smallest absolute Gasteiger partial charge is 0.264 e. The zero-order valence-electron chi connectivity index (χ0n) is 12.6. The van der Waals surface area contributed by atoms with E-state index in [1.165, 1.54) is 4.88 Å². The molecule has 2 fully saturated rings. The van der Waals surface area contributed by atoms with Gasteiger partial charge in [-0.25, -0.2) is 0 Å². The topological polar surface area (TPSA) is 37.4 Å². The quantitative estimate of drug-likeness (QED) is 0.854. The van der Waals surface area contributed by atoms with Crippen LogP contribution in [0.25, 0.3) is 0 Å². The summed E-state index contributed by atoms with van der Waals surface area (Å²) in [6.07, 6.45) is 6.84. The lowest BCUT2D eigenvalue weighted by Crippen LogP contribution is -2.43. The molecule has 1 aromatic heterocycles. The zero-order chi connectivity index (χ0) is 14.8. The number of carbonyl (C=O) groups excluding carboxylic acids is 2. The molecule has 0 spiro atoms. The minimum Gasteiger partial charge on any atom is -0.334 e. The van der Waals surface area contributed by atoms with E-state index in [9.17, 15) is 9.59 Å². The van der Waals surface area contributed by atoms with E-state index in [4.69, 9.17) is 0 Å². The van der Waals surface area contributed by atoms with Gasteiger partial charge in [-0.3, -0.25) is 9.59 Å². The molecule has 2 unspecified atom stereocenters. The molecule has 21 heavy (non-hydrogen) atoms. The molecule has 1 amide bonds. The van der Waals surface area contributed by atoms with E-state index in [2.05, 4.69) is 13.0 Å². The summed E-state index contributed by atoms with van der Waals surface area (Å²) in [5.74, 6) is 0.614. The first-order valence-electron chi connectivity index (χ1n) is 8.13. The second-order valence-corrected chi connectivity index (χ2v) is 7.31. The third-order valence-electron chi connectivity index (χ3n) is 4.85. The highest BCUT2D eigenvalue weighted by Gasteiger charge is 2.39. The van der Waals surface area contributed by atoms with Crippen molar-refractivity contribution < 1.29 is 9.59 Å². The van der Waals surface area contributed by atoms with E-state index in [1.807, 2.05) is 11.0 Å². The van der Waals surface area contributed by atoms with Crippen LogP contribution in [0, 0.1) is 5.92 Å². The lowest BCUT2D eigenvalue weighted by atomic mass is 9.82. The zero-order valence-corrected chi connectivity index (χ0v) is 13.5. The van der Waals surface area contributed by atoms with Crippen LogP contribution in [0.15, 0.2) is 12.1 Å². The third kappa shape index (κ3) is 2.91. The van der Waals surface area contributed by atoms with Crippen molar-refractivity contribution in [2.75, 3.05) is 6.54 Å². The summed E-state index contributed by atoms with van der Waals surface area (Å²) in [6, 6.07) is 4.15. The minimum absolute atomic E-state index is 0.0933. The highest BCUT2D eigenvalue weighted by atomic mass is 32.1. The molecule has 2 atom stereocenters. The standard InChI is InChI=1S/C17H23NO2S/c1-2-12-9-10-16(21-12)17(20)18-11-5-7-14(18)13-6-3-4-8-15(13)19/h9-10,13-14H,2-8,11H2,1H3. The number of Topliss-reactive ketones (excluding diaryl/α,β-unsaturated/α-hetero) is 1. The summed E-state index contributed by atoms with van der Waals surface area (Å²) in [5, 5.41) is 0. The number of nitrogens with zero attached hydrogens (tertiary/aromatic N) is 1. The maximum absolute atomic E-state index is 12.8. The molecular formula is C17H23NO2S. The molecule has 1 aliphatic carbocycles. The van der Waals surface area contributed by atoms with Gasteiger partial charge in [0.2, 0.25) is 0 Å². The molecule has 4 heteroatoms. The first-order valence-corrected chi connectivity index (χ1v) is 8.94. The molecule has 114 valence electrons. The van der Waals surface area contributed by atoms with Crippen molar-refractivity contribution >= 4 is 23.0 Å². The summed E-state index contributed by atoms with van der Waals surface area (Å²) in [7, 11) is 0. The Bertz CT molecular complexity index is 537. The van der Waals surface area contributed by atoms with Crippen molar-refractivity contribution in [2.24, 2.45) is 5.92 Å². The predicted molar refractivity (Wildman–Crippen MR) is 84.7 cm³/mol. The molecule has 0 N–H and O–H groups in total. The van der Waals surface area contributed by atoms with Crippen LogP contribution < -0.4 is 0 Å². The average molecular weight is 305 g/mol. The van der Waals surface area contributed by atoms with Crippen LogP contribution in [-0.2, 0) is 11.2 Å². The number of hydrogen-bond acceptors (Lipinski definition) is 3. The Balaban J connectivity index is 1.76. The van der Waals surface area contributed by atoms with Crippen molar-refractivity contribution in [2.45, 2.75) is 57.9 Å². The van der Waals surface area contributed by atoms with E-state index in [-0.39, 0.29) is 17.9 Å². The van der Waals surface area contributed by atoms with E-state index in [0.29, 0.717) is 12.2 Å². The summed E-state index contributed by atoms with van der Waals surface area (Å²) < 4.78 is 0. The molecule has 2 heterocycles. The molecule has 3 nitrogen and oxygen atoms in total. The first kappa shape index (κ1) is 14.8. The number of carbonyl (C=O) groups is 2. The second kappa shape index (κ2) is 6.30. The molecule has 0 aromatic carbocycles. The fourth-order valence-electron chi connectivity index (χ4n) is 3.70. The van der Waals surface area contributed by atoms with Crippen molar-refractivity contribution in [1.29, 1.82) is 0 Å². The van der Waals surface area contributed by atoms with Gasteiger partial charge < -0.3 is 4.90 Å². The maximum Gasteiger partial charge on any atom is 0.264 e. The Morgan fingerprint density at radius 1 is 1.29 bits per heavy atom. The highest BCUT2D eigenvalue weighted by Crippen LogP contribution is 2.34. The van der Waals surface area contributed by atoms with Crippen molar-refractivity contribution in [3.63, 3.8) is 0 Å². The lowest BCUT2D eigenvalue weighted by molar-refractivity contribution is -0.126. The van der Waals surface area contributed by atoms with Gasteiger partial charge in [0, 0.05) is 29.8 Å². The largest absolute Gasteiger partial charge is 0.334 e. The number of aryl methyl sites for hydroxylation is 1. The van der Waals surface area contributed by atoms with E-state index in [1.54, 1.807) is 11.3 Å². The molecule has 3 rings (SSSR count). The van der Waals surface area contributed by atoms with E-state index in [0.717, 1.165) is 49.9 Å². The molecule has 0 bridgehead atoms. The van der Waals surface area contributed by atoms with Crippen molar-refractivity contribution in [3.05, 3.63) is 21.9 Å². The van der Waals surface area contributed by atoms with Crippen LogP contribution in [0.4, 0.5) is 0 Å². The summed E-state index contributed by atoms with van der Waals surface area (Å²) in [4.78, 5) is 29.0. The highest BCUT2D eigenvalue weighted by molar-refractivity contribution is 7.14. The Morgan fingerprint density at radius 2 is 2.14 bits per heavy atom. The van der Waals surface area contributed by atoms with Gasteiger partial charge in [0.25, 0.3) is 5.91 Å². The molecule has 0 radical (unpaired) electrons. The van der Waals surface area contributed by atoms with Crippen LogP contribution in [-0.4, -0.2) is 29.2 Å². The van der Waals surface area contributed by atoms with Gasteiger partial charge in [0.1, 0.15) is 5.78 Å². The van der Waals surface area contributed by atoms with Gasteiger partial charge in [0.05, 0.1) is 4.88 Å². The normalized spacial score (nSPS) is 26.3. The van der Waals surface area contributed by atoms with E-state index >= 15 is 0 Å². The molecule has 1 saturated carbocycles. The molecule has 1 saturated heterocycles. The Kier molecular flexibility index (Phi) is 4.43. The summed E-state index contributed by atoms with van der Waals surface area (Å²) in [6.45, 7) is 2.92. The number of amides is 1. The SMILES string of the molecule is CCc1ccc(C(=O)N2CCCC2C2CCCCC2=O)s1. The van der Waals surface area contributed by atoms with Crippen molar-refractivity contribution in [1.82, 2.24) is 4.90 Å². The Hall–Kier alpha value is -1.16.